The number of pyridine rings is 1. The molecule has 2 saturated heterocycles. The Morgan fingerprint density at radius 2 is 1.84 bits per heavy atom. The van der Waals surface area contributed by atoms with Crippen molar-refractivity contribution < 1.29 is 47.4 Å². The predicted octanol–water partition coefficient (Wildman–Crippen LogP) is 3.59. The van der Waals surface area contributed by atoms with Crippen molar-refractivity contribution in [2.45, 2.75) is 76.5 Å². The van der Waals surface area contributed by atoms with Crippen LogP contribution >= 0.6 is 0 Å². The third-order valence-electron chi connectivity index (χ3n) is 12.5. The molecule has 0 bridgehead atoms. The van der Waals surface area contributed by atoms with Gasteiger partial charge in [-0.15, -0.1) is 0 Å². The topological polar surface area (TPSA) is 212 Å². The fourth-order valence-corrected chi connectivity index (χ4v) is 9.07. The van der Waals surface area contributed by atoms with E-state index in [-0.39, 0.29) is 53.7 Å². The lowest BCUT2D eigenvalue weighted by molar-refractivity contribution is -0.136. The number of aromatic nitrogens is 1. The zero-order valence-corrected chi connectivity index (χ0v) is 35.8. The molecule has 7 rings (SSSR count). The summed E-state index contributed by atoms with van der Waals surface area (Å²) in [4.78, 5) is 82.6. The molecule has 1 aliphatic carbocycles. The van der Waals surface area contributed by atoms with Crippen LogP contribution in [0.25, 0.3) is 10.8 Å². The molecule has 4 heterocycles. The number of hydrogen-bond donors (Lipinski definition) is 4. The van der Waals surface area contributed by atoms with Crippen LogP contribution < -0.4 is 31.2 Å². The van der Waals surface area contributed by atoms with E-state index in [1.807, 2.05) is 6.92 Å². The average Bonchev–Trinajstić information content (AvgIpc) is 3.70. The number of hydrogen-bond acceptors (Lipinski definition) is 12. The summed E-state index contributed by atoms with van der Waals surface area (Å²) in [5.74, 6) is 4.02. The number of carbonyl (C=O) groups excluding carboxylic acids is 6. The number of fused-ring (bicyclic) bond motifs is 2. The number of rotatable bonds is 17. The average molecular weight is 868 g/mol. The van der Waals surface area contributed by atoms with E-state index in [1.165, 1.54) is 7.11 Å². The molecule has 2 aromatic carbocycles. The molecule has 16 nitrogen and oxygen atoms in total. The Hall–Kier alpha value is -6.12. The summed E-state index contributed by atoms with van der Waals surface area (Å²) >= 11 is 0. The molecule has 6 amide bonds. The standard InChI is InChI=1S/C46H54FN7O9/c1-4-29-35(51-43(58)40(29)47)25-63-44-32-22-37(61-3)33(41(48)56)21-31(32)28(23-50-44)14-13-26-9-11-27(12-10-26)24-53(2)18-6-19-62-20-17-49-34-8-5-7-30-39(34)46(60)54(45(30)59)36-15-16-38(55)52-42(36)57/h5,7-8,21-23,26-27,29,35-36,40,49H,4,6,9-12,15-20,24-25H2,1-3H3,(H2,48,56)(H,51,58)(H,52,55,57)/t26?,27?,29-,35+,36?,40-/m0/s1. The van der Waals surface area contributed by atoms with E-state index in [0.717, 1.165) is 50.1 Å². The highest BCUT2D eigenvalue weighted by Crippen LogP contribution is 2.35. The van der Waals surface area contributed by atoms with Crippen LogP contribution in [-0.4, -0.2) is 122 Å². The molecule has 3 aliphatic heterocycles. The third kappa shape index (κ3) is 9.92. The molecule has 3 fully saturated rings. The minimum Gasteiger partial charge on any atom is -0.496 e. The van der Waals surface area contributed by atoms with Gasteiger partial charge < -0.3 is 35.5 Å². The first kappa shape index (κ1) is 44.9. The lowest BCUT2D eigenvalue weighted by Gasteiger charge is -2.29. The fourth-order valence-electron chi connectivity index (χ4n) is 9.07. The number of primary amides is 1. The van der Waals surface area contributed by atoms with E-state index < -0.39 is 59.6 Å². The summed E-state index contributed by atoms with van der Waals surface area (Å²) in [6.45, 7) is 5.05. The molecule has 1 aromatic heterocycles. The summed E-state index contributed by atoms with van der Waals surface area (Å²) in [6.07, 6.45) is 5.47. The molecule has 63 heavy (non-hydrogen) atoms. The van der Waals surface area contributed by atoms with E-state index in [2.05, 4.69) is 44.7 Å². The zero-order chi connectivity index (χ0) is 44.8. The van der Waals surface area contributed by atoms with Gasteiger partial charge in [0.1, 0.15) is 18.4 Å². The van der Waals surface area contributed by atoms with Gasteiger partial charge in [-0.25, -0.2) is 9.37 Å². The normalized spacial score (nSPS) is 23.3. The van der Waals surface area contributed by atoms with E-state index in [1.54, 1.807) is 36.5 Å². The number of anilines is 1. The molecule has 1 saturated carbocycles. The Morgan fingerprint density at radius 1 is 1.05 bits per heavy atom. The minimum atomic E-state index is -1.59. The van der Waals surface area contributed by atoms with Crippen LogP contribution in [0.15, 0.2) is 36.5 Å². The van der Waals surface area contributed by atoms with E-state index in [4.69, 9.17) is 19.9 Å². The van der Waals surface area contributed by atoms with Gasteiger partial charge in [0.05, 0.1) is 42.0 Å². The van der Waals surface area contributed by atoms with Gasteiger partial charge in [0.25, 0.3) is 23.6 Å². The summed E-state index contributed by atoms with van der Waals surface area (Å²) in [5, 5.41) is 9.27. The maximum Gasteiger partial charge on any atom is 0.264 e. The van der Waals surface area contributed by atoms with Crippen LogP contribution in [-0.2, 0) is 19.1 Å². The number of imide groups is 2. The Morgan fingerprint density at radius 3 is 2.57 bits per heavy atom. The number of carbonyl (C=O) groups is 6. The number of ether oxygens (including phenoxy) is 3. The van der Waals surface area contributed by atoms with Crippen LogP contribution in [0.2, 0.25) is 0 Å². The van der Waals surface area contributed by atoms with Crippen molar-refractivity contribution >= 4 is 51.9 Å². The summed E-state index contributed by atoms with van der Waals surface area (Å²) < 4.78 is 31.8. The summed E-state index contributed by atoms with van der Waals surface area (Å²) in [5.41, 5.74) is 7.45. The summed E-state index contributed by atoms with van der Waals surface area (Å²) in [6, 6.07) is 6.72. The van der Waals surface area contributed by atoms with Crippen molar-refractivity contribution in [1.29, 1.82) is 0 Å². The van der Waals surface area contributed by atoms with E-state index in [0.29, 0.717) is 54.1 Å². The third-order valence-corrected chi connectivity index (χ3v) is 12.5. The molecular formula is C46H54FN7O9. The van der Waals surface area contributed by atoms with Gasteiger partial charge in [-0.3, -0.25) is 39.0 Å². The predicted molar refractivity (Wildman–Crippen MR) is 230 cm³/mol. The molecular weight excluding hydrogens is 814 g/mol. The van der Waals surface area contributed by atoms with Crippen LogP contribution in [0.4, 0.5) is 10.1 Å². The first-order valence-corrected chi connectivity index (χ1v) is 21.6. The van der Waals surface area contributed by atoms with Crippen molar-refractivity contribution in [3.05, 3.63) is 58.8 Å². The van der Waals surface area contributed by atoms with Crippen LogP contribution in [0.3, 0.4) is 0 Å². The molecule has 0 radical (unpaired) electrons. The highest BCUT2D eigenvalue weighted by atomic mass is 19.1. The first-order valence-electron chi connectivity index (χ1n) is 21.6. The van der Waals surface area contributed by atoms with Gasteiger partial charge in [0.2, 0.25) is 17.7 Å². The molecule has 1 unspecified atom stereocenters. The number of amides is 6. The largest absolute Gasteiger partial charge is 0.496 e. The van der Waals surface area contributed by atoms with Crippen LogP contribution in [0.5, 0.6) is 11.6 Å². The SMILES string of the molecule is CC[C@@H]1[C@H](F)C(=O)N[C@@H]1COc1ncc(C#CC2CCC(CN(C)CCCOCCNc3cccc4c3C(=O)N(C3CCC(=O)NC3=O)C4=O)CC2)c2cc(C(N)=O)c(OC)cc12. The van der Waals surface area contributed by atoms with Gasteiger partial charge >= 0.3 is 0 Å². The Balaban J connectivity index is 0.852. The second-order valence-electron chi connectivity index (χ2n) is 16.7. The van der Waals surface area contributed by atoms with Gasteiger partial charge in [-0.05, 0) is 82.2 Å². The smallest absolute Gasteiger partial charge is 0.264 e. The molecule has 4 aliphatic rings. The second kappa shape index (κ2) is 19.9. The molecule has 334 valence electrons. The zero-order valence-electron chi connectivity index (χ0n) is 35.8. The number of nitrogens with two attached hydrogens (primary N) is 1. The number of nitrogens with one attached hydrogen (secondary N) is 3. The number of halogens is 1. The highest BCUT2D eigenvalue weighted by Gasteiger charge is 2.46. The van der Waals surface area contributed by atoms with Crippen molar-refractivity contribution in [1.82, 2.24) is 25.4 Å². The van der Waals surface area contributed by atoms with E-state index >= 15 is 0 Å². The highest BCUT2D eigenvalue weighted by molar-refractivity contribution is 6.25. The number of piperidine rings is 1. The number of benzene rings is 2. The van der Waals surface area contributed by atoms with Gasteiger partial charge in [-0.1, -0.05) is 24.8 Å². The minimum absolute atomic E-state index is 0.0207. The van der Waals surface area contributed by atoms with Crippen molar-refractivity contribution in [3.8, 4) is 23.5 Å². The lowest BCUT2D eigenvalue weighted by atomic mass is 9.82. The molecule has 3 aromatic rings. The number of methoxy groups -OCH3 is 1. The van der Waals surface area contributed by atoms with Gasteiger partial charge in [0.15, 0.2) is 6.17 Å². The molecule has 0 spiro atoms. The van der Waals surface area contributed by atoms with E-state index in [9.17, 15) is 33.2 Å². The van der Waals surface area contributed by atoms with Gasteiger partial charge in [0, 0.05) is 67.2 Å². The number of nitrogens with zero attached hydrogens (tertiary/aromatic N) is 3. The Labute approximate surface area is 365 Å². The lowest BCUT2D eigenvalue weighted by Crippen LogP contribution is -2.54. The molecule has 5 N–H and O–H groups in total. The quantitative estimate of drug-likeness (QED) is 0.0872. The maximum absolute atomic E-state index is 14.4. The van der Waals surface area contributed by atoms with Crippen LogP contribution in [0.1, 0.15) is 94.9 Å². The van der Waals surface area contributed by atoms with Crippen molar-refractivity contribution in [3.63, 3.8) is 0 Å². The van der Waals surface area contributed by atoms with Crippen molar-refractivity contribution in [2.75, 3.05) is 58.9 Å². The maximum atomic E-state index is 14.4. The monoisotopic (exact) mass is 867 g/mol. The van der Waals surface area contributed by atoms with Crippen LogP contribution in [0, 0.1) is 29.6 Å². The van der Waals surface area contributed by atoms with Crippen molar-refractivity contribution in [2.24, 2.45) is 23.5 Å². The second-order valence-corrected chi connectivity index (χ2v) is 16.7. The Bertz CT molecular complexity index is 2340. The first-order chi connectivity index (χ1) is 30.4. The Kier molecular flexibility index (Phi) is 14.2. The molecule has 4 atom stereocenters. The fraction of sp³-hybridized carbons (Fsp3) is 0.500. The van der Waals surface area contributed by atoms with Gasteiger partial charge in [-0.2, -0.15) is 0 Å². The number of alkyl halides is 1. The molecule has 17 heteroatoms. The summed E-state index contributed by atoms with van der Waals surface area (Å²) in [7, 11) is 3.56.